The summed E-state index contributed by atoms with van der Waals surface area (Å²) in [6, 6.07) is 8.64. The van der Waals surface area contributed by atoms with Gasteiger partial charge in [0, 0.05) is 5.39 Å². The van der Waals surface area contributed by atoms with E-state index < -0.39 is 10.1 Å². The number of hydrogen-bond donors (Lipinski definition) is 1. The molecule has 0 atom stereocenters. The van der Waals surface area contributed by atoms with Crippen molar-refractivity contribution in [1.82, 2.24) is 0 Å². The van der Waals surface area contributed by atoms with Crippen molar-refractivity contribution >= 4 is 20.9 Å². The first kappa shape index (κ1) is 13.8. The van der Waals surface area contributed by atoms with Gasteiger partial charge in [-0.25, -0.2) is 0 Å². The molecule has 102 valence electrons. The summed E-state index contributed by atoms with van der Waals surface area (Å²) in [5.74, 6) is 0.660. The molecule has 19 heavy (non-hydrogen) atoms. The zero-order chi connectivity index (χ0) is 14.2. The normalized spacial score (nSPS) is 12.1. The van der Waals surface area contributed by atoms with Crippen molar-refractivity contribution in [2.45, 2.75) is 24.7 Å². The molecule has 0 aliphatic heterocycles. The first-order chi connectivity index (χ1) is 8.84. The van der Waals surface area contributed by atoms with Gasteiger partial charge >= 0.3 is 0 Å². The average molecular weight is 280 g/mol. The Morgan fingerprint density at radius 3 is 2.42 bits per heavy atom. The van der Waals surface area contributed by atoms with Gasteiger partial charge in [0.15, 0.2) is 0 Å². The lowest BCUT2D eigenvalue weighted by atomic mass is 9.98. The van der Waals surface area contributed by atoms with Crippen LogP contribution in [0.25, 0.3) is 10.8 Å². The average Bonchev–Trinajstić information content (AvgIpc) is 2.35. The second kappa shape index (κ2) is 4.83. The van der Waals surface area contributed by atoms with E-state index in [4.69, 9.17) is 4.74 Å². The molecular weight excluding hydrogens is 264 g/mol. The molecule has 0 amide bonds. The molecule has 4 nitrogen and oxygen atoms in total. The molecule has 0 aromatic heterocycles. The maximum Gasteiger partial charge on any atom is 0.294 e. The Labute approximate surface area is 112 Å². The van der Waals surface area contributed by atoms with Crippen molar-refractivity contribution in [3.05, 3.63) is 35.9 Å². The molecule has 2 aromatic rings. The molecule has 5 heteroatoms. The molecule has 0 unspecified atom stereocenters. The highest BCUT2D eigenvalue weighted by atomic mass is 32.2. The van der Waals surface area contributed by atoms with Gasteiger partial charge in [-0.1, -0.05) is 26.0 Å². The van der Waals surface area contributed by atoms with Crippen LogP contribution in [0.5, 0.6) is 5.75 Å². The highest BCUT2D eigenvalue weighted by Gasteiger charge is 2.19. The lowest BCUT2D eigenvalue weighted by molar-refractivity contribution is 0.419. The predicted molar refractivity (Wildman–Crippen MR) is 74.4 cm³/mol. The second-order valence-corrected chi connectivity index (χ2v) is 6.09. The van der Waals surface area contributed by atoms with Crippen molar-refractivity contribution in [3.8, 4) is 5.75 Å². The minimum Gasteiger partial charge on any atom is -0.496 e. The molecule has 0 fully saturated rings. The van der Waals surface area contributed by atoms with Crippen LogP contribution in [0.2, 0.25) is 0 Å². The van der Waals surface area contributed by atoms with Crippen LogP contribution in [0.4, 0.5) is 0 Å². The number of benzene rings is 2. The van der Waals surface area contributed by atoms with Crippen LogP contribution in [0, 0.1) is 0 Å². The van der Waals surface area contributed by atoms with Crippen LogP contribution in [0.3, 0.4) is 0 Å². The molecule has 0 aliphatic carbocycles. The van der Waals surface area contributed by atoms with Gasteiger partial charge < -0.3 is 4.74 Å². The minimum absolute atomic E-state index is 0.0220. The number of fused-ring (bicyclic) bond motifs is 1. The maximum atomic E-state index is 11.5. The van der Waals surface area contributed by atoms with E-state index in [0.717, 1.165) is 10.8 Å². The molecule has 2 rings (SSSR count). The molecule has 0 saturated heterocycles. The third kappa shape index (κ3) is 2.57. The molecule has 0 heterocycles. The Morgan fingerprint density at radius 1 is 1.21 bits per heavy atom. The highest BCUT2D eigenvalue weighted by molar-refractivity contribution is 7.85. The van der Waals surface area contributed by atoms with Crippen molar-refractivity contribution in [1.29, 1.82) is 0 Å². The van der Waals surface area contributed by atoms with Crippen molar-refractivity contribution in [2.75, 3.05) is 7.11 Å². The van der Waals surface area contributed by atoms with E-state index in [0.29, 0.717) is 11.3 Å². The smallest absolute Gasteiger partial charge is 0.294 e. The zero-order valence-electron chi connectivity index (χ0n) is 11.0. The van der Waals surface area contributed by atoms with Gasteiger partial charge in [0.2, 0.25) is 0 Å². The predicted octanol–water partition coefficient (Wildman–Crippen LogP) is 3.22. The van der Waals surface area contributed by atoms with Crippen LogP contribution in [0.1, 0.15) is 25.3 Å². The fourth-order valence-corrected chi connectivity index (χ4v) is 3.01. The van der Waals surface area contributed by atoms with Crippen molar-refractivity contribution in [3.63, 3.8) is 0 Å². The van der Waals surface area contributed by atoms with Crippen LogP contribution < -0.4 is 4.74 Å². The van der Waals surface area contributed by atoms with Gasteiger partial charge in [-0.15, -0.1) is 0 Å². The van der Waals surface area contributed by atoms with Gasteiger partial charge in [-0.2, -0.15) is 8.42 Å². The molecule has 2 aromatic carbocycles. The molecule has 0 spiro atoms. The van der Waals surface area contributed by atoms with E-state index >= 15 is 0 Å². The lowest BCUT2D eigenvalue weighted by Gasteiger charge is -2.14. The Kier molecular flexibility index (Phi) is 3.52. The van der Waals surface area contributed by atoms with Crippen molar-refractivity contribution in [2.24, 2.45) is 0 Å². The largest absolute Gasteiger partial charge is 0.496 e. The lowest BCUT2D eigenvalue weighted by Crippen LogP contribution is -2.05. The van der Waals surface area contributed by atoms with E-state index in [1.54, 1.807) is 25.3 Å². The van der Waals surface area contributed by atoms with E-state index in [1.165, 1.54) is 6.07 Å². The topological polar surface area (TPSA) is 63.6 Å². The monoisotopic (exact) mass is 280 g/mol. The third-order valence-corrected chi connectivity index (χ3v) is 4.00. The summed E-state index contributed by atoms with van der Waals surface area (Å²) in [4.78, 5) is -0.0387. The van der Waals surface area contributed by atoms with E-state index in [1.807, 2.05) is 19.9 Å². The molecule has 0 aliphatic rings. The maximum absolute atomic E-state index is 11.5. The summed E-state index contributed by atoms with van der Waals surface area (Å²) in [6.07, 6.45) is 0. The van der Waals surface area contributed by atoms with Crippen LogP contribution >= 0.6 is 0 Å². The third-order valence-electron chi connectivity index (χ3n) is 3.09. The highest BCUT2D eigenvalue weighted by Crippen LogP contribution is 2.33. The molecule has 0 bridgehead atoms. The molecular formula is C14H16O4S. The fourth-order valence-electron chi connectivity index (χ4n) is 2.15. The van der Waals surface area contributed by atoms with Gasteiger partial charge in [0.1, 0.15) is 5.75 Å². The quantitative estimate of drug-likeness (QED) is 0.877. The fraction of sp³-hybridized carbons (Fsp3) is 0.286. The summed E-state index contributed by atoms with van der Waals surface area (Å²) in [5.41, 5.74) is 0.583. The van der Waals surface area contributed by atoms with Gasteiger partial charge in [-0.05, 0) is 35.1 Å². The molecule has 1 N–H and O–H groups in total. The Hall–Kier alpha value is -1.59. The number of ether oxygens (including phenoxy) is 1. The van der Waals surface area contributed by atoms with Crippen molar-refractivity contribution < 1.29 is 17.7 Å². The Morgan fingerprint density at radius 2 is 1.89 bits per heavy atom. The summed E-state index contributed by atoms with van der Waals surface area (Å²) in [6.45, 7) is 3.76. The SMILES string of the molecule is COc1cccc2cc(S(=O)(=O)O)c(C(C)C)cc12. The van der Waals surface area contributed by atoms with Gasteiger partial charge in [-0.3, -0.25) is 4.55 Å². The van der Waals surface area contributed by atoms with Gasteiger partial charge in [0.05, 0.1) is 12.0 Å². The number of hydrogen-bond acceptors (Lipinski definition) is 3. The summed E-state index contributed by atoms with van der Waals surface area (Å²) in [5, 5.41) is 1.55. The van der Waals surface area contributed by atoms with Crippen LogP contribution in [0.15, 0.2) is 35.2 Å². The Balaban J connectivity index is 2.88. The first-order valence-electron chi connectivity index (χ1n) is 5.92. The van der Waals surface area contributed by atoms with E-state index in [9.17, 15) is 13.0 Å². The Bertz CT molecular complexity index is 718. The number of methoxy groups -OCH3 is 1. The second-order valence-electron chi connectivity index (χ2n) is 4.70. The summed E-state index contributed by atoms with van der Waals surface area (Å²) >= 11 is 0. The standard InChI is InChI=1S/C14H16O4S/c1-9(2)11-8-12-10(5-4-6-13(12)18-3)7-14(11)19(15,16)17/h4-9H,1-3H3,(H,15,16,17). The van der Waals surface area contributed by atoms with E-state index in [2.05, 4.69) is 0 Å². The first-order valence-corrected chi connectivity index (χ1v) is 7.36. The molecule has 0 saturated carbocycles. The van der Waals surface area contributed by atoms with Crippen LogP contribution in [-0.2, 0) is 10.1 Å². The summed E-state index contributed by atoms with van der Waals surface area (Å²) in [7, 11) is -2.66. The molecule has 0 radical (unpaired) electrons. The summed E-state index contributed by atoms with van der Waals surface area (Å²) < 4.78 is 37.6. The van der Waals surface area contributed by atoms with Crippen LogP contribution in [-0.4, -0.2) is 20.1 Å². The zero-order valence-corrected chi connectivity index (χ0v) is 11.9. The minimum atomic E-state index is -4.23. The van der Waals surface area contributed by atoms with E-state index in [-0.39, 0.29) is 10.8 Å². The number of rotatable bonds is 3. The van der Waals surface area contributed by atoms with Gasteiger partial charge in [0.25, 0.3) is 10.1 Å².